The number of β-amino-alcohol motifs (C(OH)–C–C–N with tert-alkyl or cyclic N) is 1. The number of para-hydroxylation sites is 1. The second-order valence-electron chi connectivity index (χ2n) is 20.5. The van der Waals surface area contributed by atoms with E-state index in [1.54, 1.807) is 62.5 Å². The zero-order valence-electron chi connectivity index (χ0n) is 44.7. The molecule has 8 N–H and O–H groups in total. The highest BCUT2D eigenvalue weighted by atomic mass is 32.1. The standard InChI is InChI=1S/C53H67FN14O9S/c1-30-45(78-29-59-30)32-18-16-31(17-19-32)36(61-48(73)38-23-33(69)27-68(38)50(75)46(52(2,3)4)63-51(76)53(54)20-21-53)25-41(71)56-22-11-9-8-10-15-40(70)57-26-42(72)62-39-24-37(43(65-64-39)49(74)55-5)60-35-14-12-13-34(44(35)77-7)47-58-28-67(6)66-47/h12-14,16-19,24,28-29,33,36,38,46,69H,8-11,15,20-23,25-27H2,1-7H3,(H,55,74)(H,56,71)(H,57,70)(H,61,73)(H,63,76)(H2,60,62,64,72)/t33-,36+,38+,46-/m1/s1. The van der Waals surface area contributed by atoms with Crippen molar-refractivity contribution >= 4 is 69.9 Å². The molecule has 4 atom stereocenters. The normalized spacial score (nSPS) is 16.3. The Morgan fingerprint density at radius 1 is 0.923 bits per heavy atom. The number of halogens is 1. The average Bonchev–Trinajstić information content (AvgIpc) is 3.78. The summed E-state index contributed by atoms with van der Waals surface area (Å²) < 4.78 is 22.0. The number of aliphatic hydroxyl groups is 1. The molecule has 7 rings (SSSR count). The summed E-state index contributed by atoms with van der Waals surface area (Å²) in [6.07, 6.45) is 3.01. The molecule has 0 bridgehead atoms. The molecular formula is C53H67FN14O9S. The van der Waals surface area contributed by atoms with E-state index in [0.717, 1.165) is 16.1 Å². The third-order valence-corrected chi connectivity index (χ3v) is 14.3. The zero-order valence-corrected chi connectivity index (χ0v) is 45.5. The fourth-order valence-corrected chi connectivity index (χ4v) is 9.67. The van der Waals surface area contributed by atoms with Crippen LogP contribution in [0, 0.1) is 12.3 Å². The van der Waals surface area contributed by atoms with Crippen LogP contribution >= 0.6 is 11.3 Å². The van der Waals surface area contributed by atoms with Gasteiger partial charge in [-0.2, -0.15) is 5.10 Å². The predicted octanol–water partition coefficient (Wildman–Crippen LogP) is 4.18. The summed E-state index contributed by atoms with van der Waals surface area (Å²) in [6, 6.07) is 10.9. The van der Waals surface area contributed by atoms with E-state index in [-0.39, 0.29) is 74.2 Å². The van der Waals surface area contributed by atoms with Crippen LogP contribution in [0.5, 0.6) is 5.75 Å². The van der Waals surface area contributed by atoms with Crippen LogP contribution in [0.3, 0.4) is 0 Å². The number of aromatic nitrogens is 6. The van der Waals surface area contributed by atoms with Crippen LogP contribution in [0.25, 0.3) is 21.8 Å². The molecule has 0 radical (unpaired) electrons. The predicted molar refractivity (Wildman–Crippen MR) is 288 cm³/mol. The number of carbonyl (C=O) groups is 7. The summed E-state index contributed by atoms with van der Waals surface area (Å²) in [5.41, 5.74) is 2.45. The number of thiazole rings is 1. The van der Waals surface area contributed by atoms with Gasteiger partial charge in [-0.3, -0.25) is 38.2 Å². The highest BCUT2D eigenvalue weighted by molar-refractivity contribution is 7.13. The number of nitrogens with zero attached hydrogens (tertiary/aromatic N) is 7. The van der Waals surface area contributed by atoms with Crippen molar-refractivity contribution in [3.63, 3.8) is 0 Å². The van der Waals surface area contributed by atoms with Gasteiger partial charge in [0.25, 0.3) is 11.8 Å². The lowest BCUT2D eigenvalue weighted by molar-refractivity contribution is -0.145. The molecule has 3 aromatic heterocycles. The minimum atomic E-state index is -2.03. The van der Waals surface area contributed by atoms with Crippen LogP contribution in [0.4, 0.5) is 21.6 Å². The average molecular weight is 1100 g/mol. The number of hydrogen-bond donors (Lipinski definition) is 8. The summed E-state index contributed by atoms with van der Waals surface area (Å²) in [4.78, 5) is 104. The third-order valence-electron chi connectivity index (χ3n) is 13.3. The molecule has 25 heteroatoms. The van der Waals surface area contributed by atoms with Gasteiger partial charge in [0.2, 0.25) is 29.5 Å². The Labute approximate surface area is 454 Å². The first-order valence-corrected chi connectivity index (χ1v) is 26.6. The van der Waals surface area contributed by atoms with Crippen molar-refractivity contribution in [2.45, 2.75) is 115 Å². The molecule has 2 aromatic carbocycles. The lowest BCUT2D eigenvalue weighted by Gasteiger charge is -2.36. The van der Waals surface area contributed by atoms with Crippen LogP contribution in [-0.2, 0) is 35.8 Å². The number of carbonyl (C=O) groups excluding carboxylic acids is 7. The maximum absolute atomic E-state index is 14.8. The van der Waals surface area contributed by atoms with Crippen molar-refractivity contribution in [1.82, 2.24) is 61.4 Å². The number of ether oxygens (including phenoxy) is 1. The lowest BCUT2D eigenvalue weighted by atomic mass is 9.85. The fraction of sp³-hybridized carbons (Fsp3) is 0.472. The number of hydrogen-bond acceptors (Lipinski definition) is 16. The van der Waals surface area contributed by atoms with Gasteiger partial charge in [-0.05, 0) is 61.3 Å². The number of methoxy groups -OCH3 is 1. The maximum atomic E-state index is 14.8. The van der Waals surface area contributed by atoms with E-state index < -0.39 is 64.8 Å². The number of nitrogens with one attached hydrogen (secondary N) is 7. The van der Waals surface area contributed by atoms with E-state index in [1.165, 1.54) is 36.5 Å². The van der Waals surface area contributed by atoms with E-state index in [1.807, 2.05) is 31.2 Å². The van der Waals surface area contributed by atoms with Crippen LogP contribution in [0.15, 0.2) is 60.4 Å². The van der Waals surface area contributed by atoms with Crippen molar-refractivity contribution in [1.29, 1.82) is 0 Å². The molecule has 1 aliphatic heterocycles. The molecule has 5 aromatic rings. The molecule has 23 nitrogen and oxygen atoms in total. The monoisotopic (exact) mass is 1090 g/mol. The van der Waals surface area contributed by atoms with Crippen molar-refractivity contribution in [3.05, 3.63) is 77.3 Å². The number of rotatable bonds is 24. The van der Waals surface area contributed by atoms with Gasteiger partial charge < -0.3 is 52.0 Å². The fourth-order valence-electron chi connectivity index (χ4n) is 8.86. The highest BCUT2D eigenvalue weighted by Crippen LogP contribution is 2.41. The van der Waals surface area contributed by atoms with Gasteiger partial charge >= 0.3 is 0 Å². The van der Waals surface area contributed by atoms with Crippen molar-refractivity contribution < 1.29 is 47.8 Å². The van der Waals surface area contributed by atoms with Gasteiger partial charge in [-0.25, -0.2) is 14.4 Å². The molecule has 4 heterocycles. The number of aliphatic hydroxyl groups excluding tert-OH is 1. The number of aryl methyl sites for hydroxylation is 2. The molecular weight excluding hydrogens is 1030 g/mol. The molecule has 1 aliphatic carbocycles. The van der Waals surface area contributed by atoms with E-state index in [9.17, 15) is 43.1 Å². The number of amides is 7. The molecule has 2 aliphatic rings. The quantitative estimate of drug-likeness (QED) is 0.0402. The molecule has 1 saturated heterocycles. The summed E-state index contributed by atoms with van der Waals surface area (Å²) in [6.45, 7) is 6.87. The van der Waals surface area contributed by atoms with Crippen LogP contribution < -0.4 is 42.0 Å². The highest BCUT2D eigenvalue weighted by Gasteiger charge is 2.53. The van der Waals surface area contributed by atoms with Gasteiger partial charge in [0, 0.05) is 46.1 Å². The second-order valence-corrected chi connectivity index (χ2v) is 21.3. The van der Waals surface area contributed by atoms with Gasteiger partial charge in [0.1, 0.15) is 18.4 Å². The Morgan fingerprint density at radius 2 is 1.67 bits per heavy atom. The number of likely N-dealkylation sites (tertiary alicyclic amines) is 1. The SMILES string of the molecule is CNC(=O)c1nnc(NC(=O)CNC(=O)CCCCCCNC(=O)C[C@H](NC(=O)[C@@H]2C[C@@H](O)CN2C(=O)[C@@H](NC(=O)C2(F)CC2)C(C)(C)C)c2ccc(-c3scnc3C)cc2)cc1Nc1cccc(-c2ncn(C)n2)c1OC. The minimum Gasteiger partial charge on any atom is -0.494 e. The number of benzene rings is 2. The van der Waals surface area contributed by atoms with E-state index in [4.69, 9.17) is 4.74 Å². The van der Waals surface area contributed by atoms with Crippen molar-refractivity contribution in [2.75, 3.05) is 44.4 Å². The second kappa shape index (κ2) is 25.5. The molecule has 416 valence electrons. The topological polar surface area (TPSA) is 306 Å². The Hall–Kier alpha value is -7.93. The Morgan fingerprint density at radius 3 is 2.32 bits per heavy atom. The molecule has 0 spiro atoms. The van der Waals surface area contributed by atoms with Crippen LogP contribution in [-0.4, -0.2) is 139 Å². The molecule has 1 saturated carbocycles. The first-order chi connectivity index (χ1) is 37.2. The molecule has 2 fully saturated rings. The number of unbranched alkanes of at least 4 members (excludes halogenated alkanes) is 3. The smallest absolute Gasteiger partial charge is 0.273 e. The summed E-state index contributed by atoms with van der Waals surface area (Å²) in [7, 11) is 4.67. The molecule has 7 amide bonds. The van der Waals surface area contributed by atoms with Gasteiger partial charge in [0.05, 0.1) is 65.2 Å². The first kappa shape index (κ1) is 57.8. The summed E-state index contributed by atoms with van der Waals surface area (Å²) in [5.74, 6) is -3.08. The van der Waals surface area contributed by atoms with E-state index >= 15 is 0 Å². The first-order valence-electron chi connectivity index (χ1n) is 25.7. The van der Waals surface area contributed by atoms with Gasteiger partial charge in [0.15, 0.2) is 28.8 Å². The maximum Gasteiger partial charge on any atom is 0.273 e. The van der Waals surface area contributed by atoms with Crippen molar-refractivity contribution in [2.24, 2.45) is 12.5 Å². The summed E-state index contributed by atoms with van der Waals surface area (Å²) >= 11 is 1.49. The summed E-state index contributed by atoms with van der Waals surface area (Å²) in [5, 5.41) is 42.5. The third kappa shape index (κ3) is 14.8. The largest absolute Gasteiger partial charge is 0.494 e. The Bertz CT molecular complexity index is 2990. The Balaban J connectivity index is 0.879. The molecule has 0 unspecified atom stereocenters. The van der Waals surface area contributed by atoms with E-state index in [0.29, 0.717) is 60.6 Å². The van der Waals surface area contributed by atoms with Crippen LogP contribution in [0.2, 0.25) is 0 Å². The zero-order chi connectivity index (χ0) is 56.3. The lowest BCUT2D eigenvalue weighted by Crippen LogP contribution is -2.59. The molecule has 78 heavy (non-hydrogen) atoms. The van der Waals surface area contributed by atoms with Crippen LogP contribution in [0.1, 0.15) is 106 Å². The van der Waals surface area contributed by atoms with Gasteiger partial charge in [-0.15, -0.1) is 21.5 Å². The number of anilines is 3. The van der Waals surface area contributed by atoms with Crippen molar-refractivity contribution in [3.8, 4) is 27.6 Å². The van der Waals surface area contributed by atoms with Gasteiger partial charge in [-0.1, -0.05) is 63.9 Å². The number of alkyl halides is 1. The minimum absolute atomic E-state index is 0.0151. The Kier molecular flexibility index (Phi) is 18.9. The van der Waals surface area contributed by atoms with E-state index in [2.05, 4.69) is 62.5 Å².